The number of nitrogens with zero attached hydrogens (tertiary/aromatic N) is 2. The van der Waals surface area contributed by atoms with Crippen LogP contribution in [0.25, 0.3) is 0 Å². The summed E-state index contributed by atoms with van der Waals surface area (Å²) in [7, 11) is 3.80. The standard InChI is InChI=1S/C10H11BrN2/c1-13(2)10(7-12)8-4-3-5-9(11)6-8/h3-6,10H,1-2H3/t10-/m1/s1. The van der Waals surface area contributed by atoms with Crippen LogP contribution in [0.1, 0.15) is 11.6 Å². The predicted octanol–water partition coefficient (Wildman–Crippen LogP) is 2.58. The molecule has 0 N–H and O–H groups in total. The Bertz CT molecular complexity index is 328. The monoisotopic (exact) mass is 238 g/mol. The summed E-state index contributed by atoms with van der Waals surface area (Å²) in [5.74, 6) is 0. The normalized spacial score (nSPS) is 12.5. The van der Waals surface area contributed by atoms with Crippen LogP contribution in [0, 0.1) is 11.3 Å². The number of hydrogen-bond donors (Lipinski definition) is 0. The highest BCUT2D eigenvalue weighted by Crippen LogP contribution is 2.20. The Morgan fingerprint density at radius 3 is 2.62 bits per heavy atom. The van der Waals surface area contributed by atoms with Gasteiger partial charge in [-0.15, -0.1) is 0 Å². The zero-order chi connectivity index (χ0) is 9.84. The Kier molecular flexibility index (Phi) is 3.47. The Hall–Kier alpha value is -0.850. The largest absolute Gasteiger partial charge is 0.291 e. The number of nitriles is 1. The van der Waals surface area contributed by atoms with E-state index in [-0.39, 0.29) is 6.04 Å². The predicted molar refractivity (Wildman–Crippen MR) is 56.2 cm³/mol. The molecule has 0 fully saturated rings. The number of benzene rings is 1. The van der Waals surface area contributed by atoms with Crippen LogP contribution in [0.5, 0.6) is 0 Å². The Morgan fingerprint density at radius 2 is 2.15 bits per heavy atom. The Morgan fingerprint density at radius 1 is 1.46 bits per heavy atom. The highest BCUT2D eigenvalue weighted by atomic mass is 79.9. The summed E-state index contributed by atoms with van der Waals surface area (Å²) in [6, 6.07) is 9.89. The van der Waals surface area contributed by atoms with Gasteiger partial charge in [-0.1, -0.05) is 28.1 Å². The first-order chi connectivity index (χ1) is 6.15. The first kappa shape index (κ1) is 10.2. The summed E-state index contributed by atoms with van der Waals surface area (Å²) in [6.45, 7) is 0. The van der Waals surface area contributed by atoms with E-state index in [1.165, 1.54) is 0 Å². The first-order valence-corrected chi connectivity index (χ1v) is 4.76. The molecular formula is C10H11BrN2. The van der Waals surface area contributed by atoms with Crippen molar-refractivity contribution in [2.24, 2.45) is 0 Å². The van der Waals surface area contributed by atoms with Gasteiger partial charge in [0.15, 0.2) is 0 Å². The van der Waals surface area contributed by atoms with Crippen molar-refractivity contribution in [1.82, 2.24) is 4.90 Å². The van der Waals surface area contributed by atoms with Crippen molar-refractivity contribution in [3.63, 3.8) is 0 Å². The minimum atomic E-state index is -0.169. The Balaban J connectivity index is 3.00. The Labute approximate surface area is 86.9 Å². The average Bonchev–Trinajstić information content (AvgIpc) is 2.04. The number of rotatable bonds is 2. The molecule has 1 atom stereocenters. The molecular weight excluding hydrogens is 228 g/mol. The molecule has 0 radical (unpaired) electrons. The summed E-state index contributed by atoms with van der Waals surface area (Å²) in [4.78, 5) is 1.89. The van der Waals surface area contributed by atoms with Crippen molar-refractivity contribution >= 4 is 15.9 Å². The molecule has 0 aliphatic rings. The molecule has 68 valence electrons. The summed E-state index contributed by atoms with van der Waals surface area (Å²) in [5, 5.41) is 8.93. The van der Waals surface area contributed by atoms with Crippen molar-refractivity contribution < 1.29 is 0 Å². The van der Waals surface area contributed by atoms with Crippen LogP contribution < -0.4 is 0 Å². The van der Waals surface area contributed by atoms with E-state index >= 15 is 0 Å². The molecule has 1 aromatic rings. The van der Waals surface area contributed by atoms with E-state index in [1.54, 1.807) is 0 Å². The lowest BCUT2D eigenvalue weighted by Gasteiger charge is -2.17. The molecule has 3 heteroatoms. The van der Waals surface area contributed by atoms with Crippen LogP contribution in [-0.2, 0) is 0 Å². The van der Waals surface area contributed by atoms with E-state index < -0.39 is 0 Å². The third kappa shape index (κ3) is 2.55. The maximum atomic E-state index is 8.93. The smallest absolute Gasteiger partial charge is 0.123 e. The molecule has 0 unspecified atom stereocenters. The van der Waals surface area contributed by atoms with Gasteiger partial charge in [-0.3, -0.25) is 4.90 Å². The minimum absolute atomic E-state index is 0.169. The molecule has 0 aliphatic heterocycles. The summed E-state index contributed by atoms with van der Waals surface area (Å²) < 4.78 is 1.01. The number of halogens is 1. The molecule has 13 heavy (non-hydrogen) atoms. The second-order valence-corrected chi connectivity index (χ2v) is 3.97. The highest BCUT2D eigenvalue weighted by Gasteiger charge is 2.12. The third-order valence-corrected chi connectivity index (χ3v) is 2.30. The molecule has 0 saturated heterocycles. The molecule has 0 bridgehead atoms. The highest BCUT2D eigenvalue weighted by molar-refractivity contribution is 9.10. The lowest BCUT2D eigenvalue weighted by atomic mass is 10.1. The van der Waals surface area contributed by atoms with Crippen LogP contribution in [0.3, 0.4) is 0 Å². The molecule has 0 aromatic heterocycles. The summed E-state index contributed by atoms with van der Waals surface area (Å²) >= 11 is 3.38. The van der Waals surface area contributed by atoms with E-state index in [4.69, 9.17) is 5.26 Å². The van der Waals surface area contributed by atoms with Gasteiger partial charge in [0.1, 0.15) is 6.04 Å². The molecule has 0 saturated carbocycles. The molecule has 0 heterocycles. The maximum Gasteiger partial charge on any atom is 0.123 e. The topological polar surface area (TPSA) is 27.0 Å². The van der Waals surface area contributed by atoms with Crippen LogP contribution in [0.15, 0.2) is 28.7 Å². The summed E-state index contributed by atoms with van der Waals surface area (Å²) in [6.07, 6.45) is 0. The fourth-order valence-corrected chi connectivity index (χ4v) is 1.58. The molecule has 1 aromatic carbocycles. The van der Waals surface area contributed by atoms with Crippen LogP contribution in [0.4, 0.5) is 0 Å². The number of hydrogen-bond acceptors (Lipinski definition) is 2. The van der Waals surface area contributed by atoms with Crippen LogP contribution in [0.2, 0.25) is 0 Å². The fraction of sp³-hybridized carbons (Fsp3) is 0.300. The van der Waals surface area contributed by atoms with Crippen LogP contribution >= 0.6 is 15.9 Å². The van der Waals surface area contributed by atoms with Gasteiger partial charge in [0.25, 0.3) is 0 Å². The fourth-order valence-electron chi connectivity index (χ4n) is 1.16. The van der Waals surface area contributed by atoms with Crippen LogP contribution in [-0.4, -0.2) is 19.0 Å². The second kappa shape index (κ2) is 4.40. The maximum absolute atomic E-state index is 8.93. The molecule has 1 rings (SSSR count). The van der Waals surface area contributed by atoms with Gasteiger partial charge in [0, 0.05) is 4.47 Å². The zero-order valence-corrected chi connectivity index (χ0v) is 9.25. The zero-order valence-electron chi connectivity index (χ0n) is 7.66. The quantitative estimate of drug-likeness (QED) is 0.793. The van der Waals surface area contributed by atoms with Gasteiger partial charge < -0.3 is 0 Å². The van der Waals surface area contributed by atoms with Gasteiger partial charge in [-0.2, -0.15) is 5.26 Å². The van der Waals surface area contributed by atoms with Gasteiger partial charge in [-0.25, -0.2) is 0 Å². The SMILES string of the molecule is CN(C)[C@H](C#N)c1cccc(Br)c1. The lowest BCUT2D eigenvalue weighted by molar-refractivity contribution is 0.358. The van der Waals surface area contributed by atoms with E-state index in [0.29, 0.717) is 0 Å². The molecule has 0 aliphatic carbocycles. The first-order valence-electron chi connectivity index (χ1n) is 3.96. The molecule has 0 amide bonds. The van der Waals surface area contributed by atoms with Gasteiger partial charge in [0.05, 0.1) is 6.07 Å². The van der Waals surface area contributed by atoms with Gasteiger partial charge in [-0.05, 0) is 31.8 Å². The minimum Gasteiger partial charge on any atom is -0.291 e. The third-order valence-electron chi connectivity index (χ3n) is 1.80. The van der Waals surface area contributed by atoms with Gasteiger partial charge in [0.2, 0.25) is 0 Å². The average molecular weight is 239 g/mol. The molecule has 0 spiro atoms. The molecule has 2 nitrogen and oxygen atoms in total. The van der Waals surface area contributed by atoms with E-state index in [9.17, 15) is 0 Å². The van der Waals surface area contributed by atoms with Gasteiger partial charge >= 0.3 is 0 Å². The van der Waals surface area contributed by atoms with E-state index in [0.717, 1.165) is 10.0 Å². The van der Waals surface area contributed by atoms with Crippen molar-refractivity contribution in [3.8, 4) is 6.07 Å². The van der Waals surface area contributed by atoms with E-state index in [2.05, 4.69) is 22.0 Å². The van der Waals surface area contributed by atoms with Crippen molar-refractivity contribution in [3.05, 3.63) is 34.3 Å². The summed E-state index contributed by atoms with van der Waals surface area (Å²) in [5.41, 5.74) is 1.02. The van der Waals surface area contributed by atoms with E-state index in [1.807, 2.05) is 43.3 Å². The van der Waals surface area contributed by atoms with Crippen molar-refractivity contribution in [2.45, 2.75) is 6.04 Å². The van der Waals surface area contributed by atoms with Crippen molar-refractivity contribution in [2.75, 3.05) is 14.1 Å². The van der Waals surface area contributed by atoms with Crippen molar-refractivity contribution in [1.29, 1.82) is 5.26 Å². The lowest BCUT2D eigenvalue weighted by Crippen LogP contribution is -2.18. The second-order valence-electron chi connectivity index (χ2n) is 3.05.